The Balaban J connectivity index is 0.00000230. The van der Waals surface area contributed by atoms with E-state index in [4.69, 9.17) is 9.97 Å². The highest BCUT2D eigenvalue weighted by Crippen LogP contribution is 2.39. The van der Waals surface area contributed by atoms with E-state index in [1.165, 1.54) is 60.3 Å². The number of aliphatic carboxylic acids is 1. The number of carbonyl (C=O) groups is 3. The van der Waals surface area contributed by atoms with Crippen LogP contribution in [-0.2, 0) is 21.4 Å². The fourth-order valence-electron chi connectivity index (χ4n) is 7.15. The number of hydrogen-bond acceptors (Lipinski definition) is 6. The zero-order chi connectivity index (χ0) is 35.1. The van der Waals surface area contributed by atoms with Crippen molar-refractivity contribution in [2.45, 2.75) is 104 Å². The normalized spacial score (nSPS) is 19.2. The summed E-state index contributed by atoms with van der Waals surface area (Å²) < 4.78 is 0. The van der Waals surface area contributed by atoms with E-state index in [1.54, 1.807) is 6.07 Å². The van der Waals surface area contributed by atoms with E-state index in [9.17, 15) is 19.5 Å². The van der Waals surface area contributed by atoms with Crippen molar-refractivity contribution in [2.75, 3.05) is 13.1 Å². The van der Waals surface area contributed by atoms with Crippen LogP contribution in [0.4, 0.5) is 0 Å². The number of carboxylic acids is 1. The molecule has 6 rings (SSSR count). The number of amides is 2. The lowest BCUT2D eigenvalue weighted by Crippen LogP contribution is -2.59. The molecule has 2 amide bonds. The number of likely N-dealkylation sites (tertiary alicyclic amines) is 1. The number of rotatable bonds is 9. The number of nitrogens with one attached hydrogen (secondary N) is 1. The number of carboxylic acid groups (broad SMARTS) is 1. The van der Waals surface area contributed by atoms with Crippen molar-refractivity contribution in [2.24, 2.45) is 17.8 Å². The second-order valence-corrected chi connectivity index (χ2v) is 15.7. The molecule has 2 unspecified atom stereocenters. The summed E-state index contributed by atoms with van der Waals surface area (Å²) in [6.07, 6.45) is 17.1. The van der Waals surface area contributed by atoms with E-state index in [1.807, 2.05) is 56.6 Å². The minimum Gasteiger partial charge on any atom is -0.481 e. The predicted octanol–water partition coefficient (Wildman–Crippen LogP) is 8.18. The lowest BCUT2D eigenvalue weighted by molar-refractivity contribution is -0.153. The molecular formula is C40H52N4O4S. The van der Waals surface area contributed by atoms with Gasteiger partial charge in [0.25, 0.3) is 5.91 Å². The van der Waals surface area contributed by atoms with Crippen molar-refractivity contribution in [1.29, 1.82) is 0 Å². The summed E-state index contributed by atoms with van der Waals surface area (Å²) in [6.45, 7) is 10.6. The third kappa shape index (κ3) is 9.04. The molecule has 1 saturated heterocycles. The first-order chi connectivity index (χ1) is 23.5. The maximum atomic E-state index is 13.5. The van der Waals surface area contributed by atoms with Gasteiger partial charge in [-0.25, -0.2) is 9.97 Å². The van der Waals surface area contributed by atoms with Crippen molar-refractivity contribution < 1.29 is 19.5 Å². The number of allylic oxidation sites excluding steroid dienone is 2. The van der Waals surface area contributed by atoms with Gasteiger partial charge in [-0.3, -0.25) is 14.4 Å². The molecule has 2 aromatic heterocycles. The quantitative estimate of drug-likeness (QED) is 0.235. The summed E-state index contributed by atoms with van der Waals surface area (Å²) in [5.41, 5.74) is 4.12. The molecule has 2 atom stereocenters. The first kappa shape index (κ1) is 36.4. The van der Waals surface area contributed by atoms with Gasteiger partial charge in [-0.05, 0) is 59.8 Å². The van der Waals surface area contributed by atoms with Crippen molar-refractivity contribution in [1.82, 2.24) is 20.2 Å². The summed E-state index contributed by atoms with van der Waals surface area (Å²) in [5.74, 6) is 0.315. The van der Waals surface area contributed by atoms with Gasteiger partial charge in [0.05, 0.1) is 10.8 Å². The summed E-state index contributed by atoms with van der Waals surface area (Å²) >= 11 is 1.42. The van der Waals surface area contributed by atoms with Crippen LogP contribution in [0.2, 0.25) is 0 Å². The first-order valence-corrected chi connectivity index (χ1v) is 18.9. The molecular weight excluding hydrogens is 633 g/mol. The van der Waals surface area contributed by atoms with Gasteiger partial charge in [-0.15, -0.1) is 11.3 Å². The number of benzene rings is 1. The molecule has 8 nitrogen and oxygen atoms in total. The Kier molecular flexibility index (Phi) is 12.1. The van der Waals surface area contributed by atoms with Crippen LogP contribution in [-0.4, -0.2) is 56.9 Å². The Morgan fingerprint density at radius 1 is 0.918 bits per heavy atom. The van der Waals surface area contributed by atoms with Gasteiger partial charge in [-0.2, -0.15) is 0 Å². The molecule has 0 radical (unpaired) electrons. The van der Waals surface area contributed by atoms with Gasteiger partial charge < -0.3 is 15.3 Å². The predicted molar refractivity (Wildman–Crippen MR) is 196 cm³/mol. The van der Waals surface area contributed by atoms with Gasteiger partial charge in [0.1, 0.15) is 6.04 Å². The third-order valence-corrected chi connectivity index (χ3v) is 11.7. The van der Waals surface area contributed by atoms with Gasteiger partial charge in [-0.1, -0.05) is 97.1 Å². The number of thiophene rings is 1. The first-order valence-electron chi connectivity index (χ1n) is 18.1. The van der Waals surface area contributed by atoms with Gasteiger partial charge in [0.15, 0.2) is 5.82 Å². The minimum atomic E-state index is -0.910. The Hall–Kier alpha value is -3.85. The Bertz CT molecular complexity index is 1610. The van der Waals surface area contributed by atoms with Gasteiger partial charge >= 0.3 is 5.97 Å². The maximum Gasteiger partial charge on any atom is 0.310 e. The SMILES string of the molecule is CC.CC(C)(C)c1ccc(C(=O)NC(Cc2ccc(-c3ncc(C4=CCC(C5CCCCC5)CC4)cn3)cc2)C(=O)N2CC(C(=O)O)C2)s1. The zero-order valence-corrected chi connectivity index (χ0v) is 30.5. The second kappa shape index (κ2) is 16.2. The number of hydrogen-bond donors (Lipinski definition) is 2. The lowest BCUT2D eigenvalue weighted by Gasteiger charge is -2.38. The van der Waals surface area contributed by atoms with Crippen LogP contribution in [0.3, 0.4) is 0 Å². The van der Waals surface area contributed by atoms with Crippen LogP contribution in [0.5, 0.6) is 0 Å². The number of nitrogens with zero attached hydrogens (tertiary/aromatic N) is 3. The number of carbonyl (C=O) groups excluding carboxylic acids is 2. The zero-order valence-electron chi connectivity index (χ0n) is 29.7. The fraction of sp³-hybridized carbons (Fsp3) is 0.525. The molecule has 2 fully saturated rings. The highest BCUT2D eigenvalue weighted by atomic mass is 32.1. The van der Waals surface area contributed by atoms with E-state index in [0.29, 0.717) is 10.7 Å². The molecule has 3 heterocycles. The summed E-state index contributed by atoms with van der Waals surface area (Å²) in [6, 6.07) is 10.7. The molecule has 1 saturated carbocycles. The fourth-order valence-corrected chi connectivity index (χ4v) is 8.11. The van der Waals surface area contributed by atoms with E-state index in [2.05, 4.69) is 32.2 Å². The molecule has 3 aliphatic rings. The van der Waals surface area contributed by atoms with E-state index >= 15 is 0 Å². The lowest BCUT2D eigenvalue weighted by atomic mass is 9.73. The summed E-state index contributed by atoms with van der Waals surface area (Å²) in [5, 5.41) is 12.3. The third-order valence-electron chi connectivity index (χ3n) is 10.2. The summed E-state index contributed by atoms with van der Waals surface area (Å²) in [4.78, 5) is 50.6. The molecule has 2 N–H and O–H groups in total. The molecule has 3 aromatic rings. The van der Waals surface area contributed by atoms with Gasteiger partial charge in [0, 0.05) is 47.9 Å². The molecule has 1 aromatic carbocycles. The molecule has 0 spiro atoms. The highest BCUT2D eigenvalue weighted by molar-refractivity contribution is 7.14. The Morgan fingerprint density at radius 2 is 1.59 bits per heavy atom. The van der Waals surface area contributed by atoms with E-state index < -0.39 is 17.9 Å². The Morgan fingerprint density at radius 3 is 2.16 bits per heavy atom. The molecule has 0 bridgehead atoms. The van der Waals surface area contributed by atoms with Crippen molar-refractivity contribution in [3.8, 4) is 11.4 Å². The molecule has 262 valence electrons. The highest BCUT2D eigenvalue weighted by Gasteiger charge is 2.39. The monoisotopic (exact) mass is 684 g/mol. The van der Waals surface area contributed by atoms with Gasteiger partial charge in [0.2, 0.25) is 5.91 Å². The number of aromatic nitrogens is 2. The molecule has 49 heavy (non-hydrogen) atoms. The smallest absolute Gasteiger partial charge is 0.310 e. The van der Waals surface area contributed by atoms with Crippen molar-refractivity contribution in [3.05, 3.63) is 75.7 Å². The summed E-state index contributed by atoms with van der Waals surface area (Å²) in [7, 11) is 0. The van der Waals surface area contributed by atoms with Crippen LogP contribution < -0.4 is 5.32 Å². The molecule has 1 aliphatic heterocycles. The molecule has 9 heteroatoms. The Labute approximate surface area is 295 Å². The van der Waals surface area contributed by atoms with Crippen LogP contribution in [0.25, 0.3) is 17.0 Å². The largest absolute Gasteiger partial charge is 0.481 e. The van der Waals surface area contributed by atoms with Crippen molar-refractivity contribution in [3.63, 3.8) is 0 Å². The minimum absolute atomic E-state index is 0.0847. The average Bonchev–Trinajstić information content (AvgIpc) is 3.61. The topological polar surface area (TPSA) is 112 Å². The van der Waals surface area contributed by atoms with E-state index in [0.717, 1.165) is 46.2 Å². The van der Waals surface area contributed by atoms with Crippen LogP contribution in [0.15, 0.2) is 54.9 Å². The second-order valence-electron chi connectivity index (χ2n) is 14.6. The van der Waals surface area contributed by atoms with Crippen LogP contribution in [0, 0.1) is 17.8 Å². The maximum absolute atomic E-state index is 13.5. The average molecular weight is 685 g/mol. The van der Waals surface area contributed by atoms with E-state index in [-0.39, 0.29) is 36.7 Å². The van der Waals surface area contributed by atoms with Crippen molar-refractivity contribution >= 4 is 34.7 Å². The standard InChI is InChI=1S/C38H46N4O4S.C2H6/c1-38(2,3)33-18-17-32(47-33)35(43)41-31(36(44)42-22-30(23-42)37(45)46)19-24-9-11-28(12-10-24)34-39-20-29(21-40-34)27-15-13-26(14-16-27)25-7-5-4-6-8-25;1-2/h9-12,15,17-18,20-21,25-26,30-31H,4-8,13-14,16,19,22-23H2,1-3H3,(H,41,43)(H,45,46);1-2H3. The van der Waals surface area contributed by atoms with Crippen LogP contribution in [0.1, 0.15) is 112 Å². The van der Waals surface area contributed by atoms with Crippen LogP contribution >= 0.6 is 11.3 Å². The molecule has 2 aliphatic carbocycles.